The van der Waals surface area contributed by atoms with Gasteiger partial charge in [-0.3, -0.25) is 4.79 Å². The Labute approximate surface area is 110 Å². The largest absolute Gasteiger partial charge is 0.481 e. The lowest BCUT2D eigenvalue weighted by Gasteiger charge is -2.37. The van der Waals surface area contributed by atoms with Crippen LogP contribution in [0.1, 0.15) is 25.0 Å². The van der Waals surface area contributed by atoms with Crippen LogP contribution < -0.4 is 4.90 Å². The molecule has 1 unspecified atom stereocenters. The first-order valence-electron chi connectivity index (χ1n) is 6.34. The van der Waals surface area contributed by atoms with Crippen LogP contribution in [0, 0.1) is 22.7 Å². The third-order valence-corrected chi connectivity index (χ3v) is 4.21. The van der Waals surface area contributed by atoms with E-state index in [4.69, 9.17) is 5.26 Å². The van der Waals surface area contributed by atoms with E-state index in [0.29, 0.717) is 25.2 Å². The molecule has 1 aromatic rings. The van der Waals surface area contributed by atoms with Crippen LogP contribution >= 0.6 is 0 Å². The molecule has 0 aromatic carbocycles. The Hall–Kier alpha value is -2.16. The Kier molecular flexibility index (Phi) is 2.63. The minimum atomic E-state index is -0.683. The first-order valence-corrected chi connectivity index (χ1v) is 6.34. The third-order valence-electron chi connectivity index (χ3n) is 4.21. The summed E-state index contributed by atoms with van der Waals surface area (Å²) >= 11 is 0. The maximum atomic E-state index is 11.3. The summed E-state index contributed by atoms with van der Waals surface area (Å²) < 4.78 is 0. The van der Waals surface area contributed by atoms with Gasteiger partial charge in [-0.05, 0) is 19.3 Å². The zero-order valence-electron chi connectivity index (χ0n) is 10.4. The molecule has 0 radical (unpaired) electrons. The molecule has 1 aliphatic carbocycles. The molecule has 1 saturated heterocycles. The number of hydrogen-bond acceptors (Lipinski definition) is 5. The second-order valence-electron chi connectivity index (χ2n) is 5.34. The normalized spacial score (nSPS) is 23.9. The molecule has 1 spiro atoms. The highest BCUT2D eigenvalue weighted by molar-refractivity contribution is 5.72. The van der Waals surface area contributed by atoms with E-state index < -0.39 is 5.97 Å². The van der Waals surface area contributed by atoms with E-state index in [1.807, 2.05) is 6.07 Å². The molecule has 98 valence electrons. The number of anilines is 1. The standard InChI is InChI=1S/C13H14N4O2/c14-6-9-5-11(16-8-15-9)17-4-1-10(12(18)19)13(7-17)2-3-13/h5,8,10H,1-4,7H2,(H,18,19). The maximum Gasteiger partial charge on any atom is 0.307 e. The van der Waals surface area contributed by atoms with E-state index in [-0.39, 0.29) is 11.3 Å². The summed E-state index contributed by atoms with van der Waals surface area (Å²) in [6.07, 6.45) is 3.96. The van der Waals surface area contributed by atoms with E-state index in [0.717, 1.165) is 18.7 Å². The van der Waals surface area contributed by atoms with Crippen LogP contribution in [-0.2, 0) is 4.79 Å². The van der Waals surface area contributed by atoms with Crippen LogP contribution in [0.25, 0.3) is 0 Å². The fraction of sp³-hybridized carbons (Fsp3) is 0.538. The van der Waals surface area contributed by atoms with Crippen LogP contribution in [0.15, 0.2) is 12.4 Å². The van der Waals surface area contributed by atoms with Gasteiger partial charge in [0, 0.05) is 24.6 Å². The molecule has 19 heavy (non-hydrogen) atoms. The van der Waals surface area contributed by atoms with Crippen molar-refractivity contribution in [2.45, 2.75) is 19.3 Å². The van der Waals surface area contributed by atoms with Gasteiger partial charge in [-0.1, -0.05) is 0 Å². The molecule has 0 amide bonds. The van der Waals surface area contributed by atoms with Gasteiger partial charge in [0.2, 0.25) is 0 Å². The van der Waals surface area contributed by atoms with Gasteiger partial charge in [0.25, 0.3) is 0 Å². The lowest BCUT2D eigenvalue weighted by atomic mass is 9.82. The summed E-state index contributed by atoms with van der Waals surface area (Å²) in [4.78, 5) is 21.4. The van der Waals surface area contributed by atoms with Crippen molar-refractivity contribution < 1.29 is 9.90 Å². The Balaban J connectivity index is 1.82. The fourth-order valence-corrected chi connectivity index (χ4v) is 2.99. The van der Waals surface area contributed by atoms with Crippen molar-refractivity contribution in [1.82, 2.24) is 9.97 Å². The quantitative estimate of drug-likeness (QED) is 0.852. The van der Waals surface area contributed by atoms with Crippen LogP contribution in [0.4, 0.5) is 5.82 Å². The predicted octanol–water partition coefficient (Wildman–Crippen LogP) is 1.04. The van der Waals surface area contributed by atoms with Gasteiger partial charge in [-0.25, -0.2) is 9.97 Å². The summed E-state index contributed by atoms with van der Waals surface area (Å²) in [5.41, 5.74) is 0.261. The lowest BCUT2D eigenvalue weighted by Crippen LogP contribution is -2.45. The van der Waals surface area contributed by atoms with Crippen molar-refractivity contribution in [2.75, 3.05) is 18.0 Å². The Morgan fingerprint density at radius 3 is 2.95 bits per heavy atom. The molecule has 0 bridgehead atoms. The number of aliphatic carboxylic acids is 1. The molecule has 1 N–H and O–H groups in total. The van der Waals surface area contributed by atoms with Crippen LogP contribution in [0.2, 0.25) is 0 Å². The minimum absolute atomic E-state index is 0.0815. The van der Waals surface area contributed by atoms with Gasteiger partial charge in [-0.15, -0.1) is 0 Å². The highest BCUT2D eigenvalue weighted by Gasteiger charge is 2.55. The average molecular weight is 258 g/mol. The third kappa shape index (κ3) is 2.01. The molecular formula is C13H14N4O2. The first kappa shape index (κ1) is 11.9. The van der Waals surface area contributed by atoms with Crippen molar-refractivity contribution >= 4 is 11.8 Å². The number of piperidine rings is 1. The van der Waals surface area contributed by atoms with E-state index in [1.54, 1.807) is 6.07 Å². The second-order valence-corrected chi connectivity index (χ2v) is 5.34. The molecule has 2 fully saturated rings. The molecule has 2 heterocycles. The summed E-state index contributed by atoms with van der Waals surface area (Å²) in [5, 5.41) is 18.1. The molecule has 2 aliphatic rings. The van der Waals surface area contributed by atoms with Crippen molar-refractivity contribution in [1.29, 1.82) is 5.26 Å². The zero-order valence-corrected chi connectivity index (χ0v) is 10.4. The first-order chi connectivity index (χ1) is 9.14. The lowest BCUT2D eigenvalue weighted by molar-refractivity contribution is -0.144. The van der Waals surface area contributed by atoms with Gasteiger partial charge in [0.05, 0.1) is 5.92 Å². The Morgan fingerprint density at radius 1 is 1.53 bits per heavy atom. The highest BCUT2D eigenvalue weighted by atomic mass is 16.4. The minimum Gasteiger partial charge on any atom is -0.481 e. The van der Waals surface area contributed by atoms with Crippen LogP contribution in [0.5, 0.6) is 0 Å². The van der Waals surface area contributed by atoms with E-state index in [2.05, 4.69) is 14.9 Å². The van der Waals surface area contributed by atoms with E-state index in [1.165, 1.54) is 6.33 Å². The number of nitrogens with zero attached hydrogens (tertiary/aromatic N) is 4. The van der Waals surface area contributed by atoms with E-state index in [9.17, 15) is 9.90 Å². The average Bonchev–Trinajstić information content (AvgIpc) is 3.18. The van der Waals surface area contributed by atoms with Crippen LogP contribution in [0.3, 0.4) is 0 Å². The van der Waals surface area contributed by atoms with Crippen molar-refractivity contribution in [2.24, 2.45) is 11.3 Å². The van der Waals surface area contributed by atoms with Crippen LogP contribution in [-0.4, -0.2) is 34.1 Å². The van der Waals surface area contributed by atoms with Gasteiger partial charge >= 0.3 is 5.97 Å². The smallest absolute Gasteiger partial charge is 0.307 e. The Morgan fingerprint density at radius 2 is 2.32 bits per heavy atom. The monoisotopic (exact) mass is 258 g/mol. The molecule has 3 rings (SSSR count). The van der Waals surface area contributed by atoms with Gasteiger partial charge in [0.1, 0.15) is 23.9 Å². The Bertz CT molecular complexity index is 562. The number of hydrogen-bond donors (Lipinski definition) is 1. The summed E-state index contributed by atoms with van der Waals surface area (Å²) in [6.45, 7) is 1.38. The number of carbonyl (C=O) groups is 1. The molecule has 1 saturated carbocycles. The van der Waals surface area contributed by atoms with Gasteiger partial charge < -0.3 is 10.0 Å². The molecule has 1 atom stereocenters. The van der Waals surface area contributed by atoms with Gasteiger partial charge in [0.15, 0.2) is 0 Å². The summed E-state index contributed by atoms with van der Waals surface area (Å²) in [6, 6.07) is 3.66. The maximum absolute atomic E-state index is 11.3. The summed E-state index contributed by atoms with van der Waals surface area (Å²) in [5.74, 6) is -0.194. The molecule has 6 heteroatoms. The summed E-state index contributed by atoms with van der Waals surface area (Å²) in [7, 11) is 0. The SMILES string of the molecule is N#Cc1cc(N2CCC(C(=O)O)C3(CC3)C2)ncn1. The molecule has 6 nitrogen and oxygen atoms in total. The number of carboxylic acid groups (broad SMARTS) is 1. The number of aromatic nitrogens is 2. The highest BCUT2D eigenvalue weighted by Crippen LogP contribution is 2.56. The van der Waals surface area contributed by atoms with Gasteiger partial charge in [-0.2, -0.15) is 5.26 Å². The molecule has 1 aromatic heterocycles. The van der Waals surface area contributed by atoms with Crippen molar-refractivity contribution in [3.05, 3.63) is 18.1 Å². The number of rotatable bonds is 2. The predicted molar refractivity (Wildman–Crippen MR) is 66.4 cm³/mol. The fourth-order valence-electron chi connectivity index (χ4n) is 2.99. The zero-order chi connectivity index (χ0) is 13.5. The second kappa shape index (κ2) is 4.19. The number of nitriles is 1. The molecular weight excluding hydrogens is 244 g/mol. The number of carboxylic acids is 1. The molecule has 1 aliphatic heterocycles. The topological polar surface area (TPSA) is 90.1 Å². The van der Waals surface area contributed by atoms with Crippen molar-refractivity contribution in [3.63, 3.8) is 0 Å². The van der Waals surface area contributed by atoms with Crippen molar-refractivity contribution in [3.8, 4) is 6.07 Å². The van der Waals surface area contributed by atoms with E-state index >= 15 is 0 Å².